The first-order chi connectivity index (χ1) is 14.2. The van der Waals surface area contributed by atoms with Crippen molar-refractivity contribution < 1.29 is 19.1 Å². The van der Waals surface area contributed by atoms with E-state index in [2.05, 4.69) is 10.6 Å². The summed E-state index contributed by atoms with van der Waals surface area (Å²) in [6.07, 6.45) is 3.18. The molecule has 0 aliphatic carbocycles. The van der Waals surface area contributed by atoms with Crippen molar-refractivity contribution in [1.82, 2.24) is 5.32 Å². The van der Waals surface area contributed by atoms with Gasteiger partial charge >= 0.3 is 5.97 Å². The lowest BCUT2D eigenvalue weighted by atomic mass is 10.0. The minimum atomic E-state index is -0.652. The van der Waals surface area contributed by atoms with E-state index in [1.807, 2.05) is 58.0 Å². The molecule has 0 aliphatic rings. The van der Waals surface area contributed by atoms with E-state index in [0.717, 1.165) is 29.9 Å². The van der Waals surface area contributed by atoms with Crippen LogP contribution in [0.15, 0.2) is 36.4 Å². The van der Waals surface area contributed by atoms with Gasteiger partial charge in [0, 0.05) is 5.39 Å². The lowest BCUT2D eigenvalue weighted by Gasteiger charge is -2.23. The summed E-state index contributed by atoms with van der Waals surface area (Å²) >= 11 is 0. The zero-order valence-corrected chi connectivity index (χ0v) is 18.5. The molecule has 2 aromatic rings. The van der Waals surface area contributed by atoms with Gasteiger partial charge in [0.2, 0.25) is 5.91 Å². The molecule has 30 heavy (non-hydrogen) atoms. The van der Waals surface area contributed by atoms with Gasteiger partial charge in [-0.05, 0) is 45.6 Å². The SMILES string of the molecule is CCCCC(C=O)NC(=O)C(C)Nc1c(C(=O)OC(C)(C)C)ccc2ccccc12. The Kier molecular flexibility index (Phi) is 7.98. The highest BCUT2D eigenvalue weighted by Gasteiger charge is 2.24. The molecule has 2 N–H and O–H groups in total. The maximum Gasteiger partial charge on any atom is 0.340 e. The van der Waals surface area contributed by atoms with Crippen LogP contribution in [0.1, 0.15) is 64.2 Å². The predicted molar refractivity (Wildman–Crippen MR) is 120 cm³/mol. The van der Waals surface area contributed by atoms with Crippen LogP contribution in [-0.2, 0) is 14.3 Å². The largest absolute Gasteiger partial charge is 0.456 e. The fourth-order valence-electron chi connectivity index (χ4n) is 3.12. The number of unbranched alkanes of at least 4 members (excludes halogenated alkanes) is 1. The number of ether oxygens (including phenoxy) is 1. The molecule has 1 amide bonds. The van der Waals surface area contributed by atoms with E-state index in [4.69, 9.17) is 4.74 Å². The first-order valence-electron chi connectivity index (χ1n) is 10.4. The van der Waals surface area contributed by atoms with Crippen LogP contribution in [0, 0.1) is 0 Å². The number of carbonyl (C=O) groups is 3. The summed E-state index contributed by atoms with van der Waals surface area (Å²) in [5.41, 5.74) is 0.266. The van der Waals surface area contributed by atoms with Crippen LogP contribution in [0.4, 0.5) is 5.69 Å². The van der Waals surface area contributed by atoms with Crippen LogP contribution in [-0.4, -0.2) is 35.8 Å². The molecular formula is C24H32N2O4. The number of amides is 1. The molecule has 0 bridgehead atoms. The second kappa shape index (κ2) is 10.2. The molecule has 0 saturated heterocycles. The summed E-state index contributed by atoms with van der Waals surface area (Å²) in [5.74, 6) is -0.761. The highest BCUT2D eigenvalue weighted by atomic mass is 16.6. The topological polar surface area (TPSA) is 84.5 Å². The van der Waals surface area contributed by atoms with Crippen LogP contribution in [0.3, 0.4) is 0 Å². The third-order valence-electron chi connectivity index (χ3n) is 4.66. The number of hydrogen-bond donors (Lipinski definition) is 2. The molecule has 162 valence electrons. The Morgan fingerprint density at radius 3 is 2.47 bits per heavy atom. The quantitative estimate of drug-likeness (QED) is 0.469. The zero-order chi connectivity index (χ0) is 22.3. The maximum atomic E-state index is 12.8. The fourth-order valence-corrected chi connectivity index (χ4v) is 3.12. The Labute approximate surface area is 178 Å². The summed E-state index contributed by atoms with van der Waals surface area (Å²) in [5, 5.41) is 7.70. The Morgan fingerprint density at radius 1 is 1.13 bits per heavy atom. The van der Waals surface area contributed by atoms with Crippen molar-refractivity contribution in [3.8, 4) is 0 Å². The molecule has 0 aromatic heterocycles. The molecule has 6 heteroatoms. The van der Waals surface area contributed by atoms with E-state index in [1.54, 1.807) is 13.0 Å². The van der Waals surface area contributed by atoms with Gasteiger partial charge in [0.15, 0.2) is 0 Å². The summed E-state index contributed by atoms with van der Waals surface area (Å²) < 4.78 is 5.56. The average molecular weight is 413 g/mol. The molecule has 0 aliphatic heterocycles. The van der Waals surface area contributed by atoms with Gasteiger partial charge in [-0.1, -0.05) is 50.1 Å². The number of nitrogens with one attached hydrogen (secondary N) is 2. The number of fused-ring (bicyclic) bond motifs is 1. The molecule has 0 spiro atoms. The number of hydrogen-bond acceptors (Lipinski definition) is 5. The third kappa shape index (κ3) is 6.31. The summed E-state index contributed by atoms with van der Waals surface area (Å²) in [7, 11) is 0. The summed E-state index contributed by atoms with van der Waals surface area (Å²) in [4.78, 5) is 36.8. The van der Waals surface area contributed by atoms with Gasteiger partial charge in [-0.2, -0.15) is 0 Å². The monoisotopic (exact) mass is 412 g/mol. The predicted octanol–water partition coefficient (Wildman–Crippen LogP) is 4.47. The second-order valence-corrected chi connectivity index (χ2v) is 8.47. The number of carbonyl (C=O) groups excluding carboxylic acids is 3. The van der Waals surface area contributed by atoms with E-state index in [0.29, 0.717) is 17.7 Å². The molecule has 0 heterocycles. The Hall–Kier alpha value is -2.89. The summed E-state index contributed by atoms with van der Waals surface area (Å²) in [6.45, 7) is 9.17. The Bertz CT molecular complexity index is 902. The van der Waals surface area contributed by atoms with Crippen LogP contribution in [0.5, 0.6) is 0 Å². The van der Waals surface area contributed by atoms with Gasteiger partial charge in [-0.3, -0.25) is 4.79 Å². The van der Waals surface area contributed by atoms with Crippen molar-refractivity contribution in [2.24, 2.45) is 0 Å². The van der Waals surface area contributed by atoms with Gasteiger partial charge in [0.25, 0.3) is 0 Å². The minimum Gasteiger partial charge on any atom is -0.456 e. The van der Waals surface area contributed by atoms with Crippen LogP contribution in [0.25, 0.3) is 10.8 Å². The van der Waals surface area contributed by atoms with Crippen LogP contribution in [0.2, 0.25) is 0 Å². The van der Waals surface area contributed by atoms with Crippen LogP contribution < -0.4 is 10.6 Å². The fraction of sp³-hybridized carbons (Fsp3) is 0.458. The van der Waals surface area contributed by atoms with Gasteiger partial charge in [0.05, 0.1) is 17.3 Å². The number of esters is 1. The smallest absolute Gasteiger partial charge is 0.340 e. The normalized spacial score (nSPS) is 13.4. The van der Waals surface area contributed by atoms with Gasteiger partial charge in [-0.15, -0.1) is 0 Å². The third-order valence-corrected chi connectivity index (χ3v) is 4.66. The molecule has 2 aromatic carbocycles. The average Bonchev–Trinajstić information content (AvgIpc) is 2.69. The number of aldehydes is 1. The van der Waals surface area contributed by atoms with Gasteiger partial charge in [-0.25, -0.2) is 4.79 Å². The van der Waals surface area contributed by atoms with E-state index in [-0.39, 0.29) is 5.91 Å². The van der Waals surface area contributed by atoms with Gasteiger partial charge < -0.3 is 20.2 Å². The molecule has 6 nitrogen and oxygen atoms in total. The van der Waals surface area contributed by atoms with Crippen molar-refractivity contribution >= 4 is 34.6 Å². The van der Waals surface area contributed by atoms with E-state index in [9.17, 15) is 14.4 Å². The van der Waals surface area contributed by atoms with E-state index < -0.39 is 23.7 Å². The van der Waals surface area contributed by atoms with E-state index in [1.165, 1.54) is 0 Å². The minimum absolute atomic E-state index is 0.300. The number of rotatable bonds is 9. The van der Waals surface area contributed by atoms with Crippen molar-refractivity contribution in [1.29, 1.82) is 0 Å². The lowest BCUT2D eigenvalue weighted by molar-refractivity contribution is -0.124. The molecule has 2 unspecified atom stereocenters. The Morgan fingerprint density at radius 2 is 1.83 bits per heavy atom. The first-order valence-corrected chi connectivity index (χ1v) is 10.4. The molecule has 2 rings (SSSR count). The highest BCUT2D eigenvalue weighted by molar-refractivity contribution is 6.07. The van der Waals surface area contributed by atoms with E-state index >= 15 is 0 Å². The molecule has 0 fully saturated rings. The second-order valence-electron chi connectivity index (χ2n) is 8.47. The lowest BCUT2D eigenvalue weighted by Crippen LogP contribution is -2.44. The molecule has 2 atom stereocenters. The number of benzene rings is 2. The van der Waals surface area contributed by atoms with Crippen molar-refractivity contribution in [3.63, 3.8) is 0 Å². The molecule has 0 radical (unpaired) electrons. The first kappa shape index (κ1) is 23.4. The Balaban J connectivity index is 2.32. The maximum absolute atomic E-state index is 12.8. The van der Waals surface area contributed by atoms with Gasteiger partial charge in [0.1, 0.15) is 17.9 Å². The van der Waals surface area contributed by atoms with Crippen molar-refractivity contribution in [3.05, 3.63) is 42.0 Å². The zero-order valence-electron chi connectivity index (χ0n) is 18.5. The molecule has 0 saturated carbocycles. The summed E-state index contributed by atoms with van der Waals surface area (Å²) in [6, 6.07) is 10.0. The standard InChI is InChI=1S/C24H32N2O4/c1-6-7-11-18(15-27)26-22(28)16(2)25-21-19-12-9-8-10-17(19)13-14-20(21)23(29)30-24(3,4)5/h8-10,12-16,18,25H,6-7,11H2,1-5H3,(H,26,28). The molecular weight excluding hydrogens is 380 g/mol. The van der Waals surface area contributed by atoms with Crippen molar-refractivity contribution in [2.75, 3.05) is 5.32 Å². The van der Waals surface area contributed by atoms with Crippen molar-refractivity contribution in [2.45, 2.75) is 71.6 Å². The number of anilines is 1. The van der Waals surface area contributed by atoms with Crippen LogP contribution >= 0.6 is 0 Å². The highest BCUT2D eigenvalue weighted by Crippen LogP contribution is 2.30.